The van der Waals surface area contributed by atoms with Gasteiger partial charge >= 0.3 is 0 Å². The Morgan fingerprint density at radius 1 is 0.838 bits per heavy atom. The molecular formula is C28H27N5O4. The van der Waals surface area contributed by atoms with Crippen molar-refractivity contribution < 1.29 is 19.2 Å². The van der Waals surface area contributed by atoms with Gasteiger partial charge in [-0.15, -0.1) is 0 Å². The molecule has 37 heavy (non-hydrogen) atoms. The van der Waals surface area contributed by atoms with E-state index in [2.05, 4.69) is 16.3 Å². The summed E-state index contributed by atoms with van der Waals surface area (Å²) in [5.74, 6) is -2.24. The zero-order valence-electron chi connectivity index (χ0n) is 20.5. The van der Waals surface area contributed by atoms with Crippen molar-refractivity contribution in [3.63, 3.8) is 0 Å². The summed E-state index contributed by atoms with van der Waals surface area (Å²) in [7, 11) is 0. The summed E-state index contributed by atoms with van der Waals surface area (Å²) in [4.78, 5) is 51.3. The standard InChI is InChI=1S/C28H27N5O4/c1-17-15-24(18(2)32(17)20-10-4-3-5-11-20)26(35)30-29-25(34)19-9-8-12-21(16-19)33-28(37)23-14-7-6-13-22(23)27(36)31-33/h3-12,15-16,22-23H,13-14H2,1-2H3,(H,29,34)(H,30,35)(H,31,36). The number of fused-ring (bicyclic) bond motifs is 1. The highest BCUT2D eigenvalue weighted by Gasteiger charge is 2.42. The molecular weight excluding hydrogens is 470 g/mol. The molecule has 3 N–H and O–H groups in total. The third-order valence-electron chi connectivity index (χ3n) is 6.88. The Hall–Kier alpha value is -4.66. The molecule has 9 heteroatoms. The number of aryl methyl sites for hydroxylation is 1. The van der Waals surface area contributed by atoms with E-state index in [4.69, 9.17) is 0 Å². The van der Waals surface area contributed by atoms with Gasteiger partial charge < -0.3 is 4.57 Å². The van der Waals surface area contributed by atoms with Crippen molar-refractivity contribution in [3.05, 3.63) is 95.3 Å². The van der Waals surface area contributed by atoms with Crippen LogP contribution in [0, 0.1) is 25.7 Å². The zero-order chi connectivity index (χ0) is 26.1. The van der Waals surface area contributed by atoms with Crippen LogP contribution in [-0.2, 0) is 9.59 Å². The lowest BCUT2D eigenvalue weighted by Gasteiger charge is -2.38. The van der Waals surface area contributed by atoms with E-state index in [-0.39, 0.29) is 23.3 Å². The minimum atomic E-state index is -0.554. The molecule has 2 atom stereocenters. The third kappa shape index (κ3) is 4.51. The second kappa shape index (κ2) is 9.77. The molecule has 1 aliphatic carbocycles. The molecule has 1 saturated heterocycles. The number of hydrazine groups is 2. The van der Waals surface area contributed by atoms with Crippen LogP contribution in [0.2, 0.25) is 0 Å². The number of aromatic nitrogens is 1. The number of benzene rings is 2. The van der Waals surface area contributed by atoms with Gasteiger partial charge in [0.1, 0.15) is 0 Å². The Balaban J connectivity index is 1.28. The molecule has 0 bridgehead atoms. The van der Waals surface area contributed by atoms with Gasteiger partial charge in [-0.2, -0.15) is 0 Å². The maximum absolute atomic E-state index is 13.0. The molecule has 2 aromatic carbocycles. The maximum Gasteiger partial charge on any atom is 0.271 e. The van der Waals surface area contributed by atoms with E-state index in [9.17, 15) is 19.2 Å². The molecule has 9 nitrogen and oxygen atoms in total. The van der Waals surface area contributed by atoms with Gasteiger partial charge in [-0.25, -0.2) is 5.01 Å². The Labute approximate surface area is 214 Å². The third-order valence-corrected chi connectivity index (χ3v) is 6.88. The lowest BCUT2D eigenvalue weighted by atomic mass is 9.80. The van der Waals surface area contributed by atoms with E-state index in [1.54, 1.807) is 24.3 Å². The first-order chi connectivity index (χ1) is 17.8. The van der Waals surface area contributed by atoms with Crippen LogP contribution in [0.4, 0.5) is 5.69 Å². The van der Waals surface area contributed by atoms with Crippen molar-refractivity contribution in [2.75, 3.05) is 5.01 Å². The number of para-hydroxylation sites is 1. The molecule has 5 rings (SSSR count). The average molecular weight is 498 g/mol. The molecule has 3 aromatic rings. The topological polar surface area (TPSA) is 113 Å². The fourth-order valence-corrected chi connectivity index (χ4v) is 4.99. The predicted octanol–water partition coefficient (Wildman–Crippen LogP) is 3.13. The molecule has 1 fully saturated rings. The fourth-order valence-electron chi connectivity index (χ4n) is 4.99. The smallest absolute Gasteiger partial charge is 0.271 e. The number of carbonyl (C=O) groups is 4. The SMILES string of the molecule is Cc1cc(C(=O)NNC(=O)c2cccc(N3NC(=O)C4CC=CCC4C3=O)c2)c(C)n1-c1ccccc1. The quantitative estimate of drug-likeness (QED) is 0.380. The Morgan fingerprint density at radius 2 is 1.51 bits per heavy atom. The van der Waals surface area contributed by atoms with Gasteiger partial charge in [0.25, 0.3) is 11.8 Å². The summed E-state index contributed by atoms with van der Waals surface area (Å²) in [6, 6.07) is 17.8. The zero-order valence-corrected chi connectivity index (χ0v) is 20.5. The summed E-state index contributed by atoms with van der Waals surface area (Å²) < 4.78 is 1.97. The number of nitrogens with zero attached hydrogens (tertiary/aromatic N) is 2. The molecule has 2 heterocycles. The molecule has 1 aromatic heterocycles. The highest BCUT2D eigenvalue weighted by Crippen LogP contribution is 2.32. The Bertz CT molecular complexity index is 1430. The van der Waals surface area contributed by atoms with E-state index < -0.39 is 17.7 Å². The lowest BCUT2D eigenvalue weighted by molar-refractivity contribution is -0.139. The molecule has 4 amide bonds. The van der Waals surface area contributed by atoms with Crippen LogP contribution < -0.4 is 21.3 Å². The maximum atomic E-state index is 13.0. The number of rotatable bonds is 4. The highest BCUT2D eigenvalue weighted by molar-refractivity contribution is 6.05. The first-order valence-corrected chi connectivity index (χ1v) is 12.1. The minimum Gasteiger partial charge on any atom is -0.318 e. The summed E-state index contributed by atoms with van der Waals surface area (Å²) in [5, 5.41) is 1.20. The molecule has 1 aliphatic heterocycles. The van der Waals surface area contributed by atoms with E-state index in [0.717, 1.165) is 17.1 Å². The van der Waals surface area contributed by atoms with Crippen molar-refractivity contribution in [2.24, 2.45) is 11.8 Å². The monoisotopic (exact) mass is 497 g/mol. The first-order valence-electron chi connectivity index (χ1n) is 12.1. The van der Waals surface area contributed by atoms with Gasteiger partial charge in [-0.3, -0.25) is 35.5 Å². The Morgan fingerprint density at radius 3 is 2.27 bits per heavy atom. The van der Waals surface area contributed by atoms with Gasteiger partial charge in [0.2, 0.25) is 11.8 Å². The van der Waals surface area contributed by atoms with Gasteiger partial charge in [0.15, 0.2) is 0 Å². The minimum absolute atomic E-state index is 0.214. The number of anilines is 1. The molecule has 2 unspecified atom stereocenters. The van der Waals surface area contributed by atoms with Crippen molar-refractivity contribution in [1.82, 2.24) is 20.8 Å². The molecule has 0 saturated carbocycles. The number of allylic oxidation sites excluding steroid dienone is 2. The summed E-state index contributed by atoms with van der Waals surface area (Å²) >= 11 is 0. The molecule has 2 aliphatic rings. The van der Waals surface area contributed by atoms with Crippen molar-refractivity contribution in [2.45, 2.75) is 26.7 Å². The van der Waals surface area contributed by atoms with Crippen molar-refractivity contribution >= 4 is 29.3 Å². The van der Waals surface area contributed by atoms with Crippen LogP contribution in [0.3, 0.4) is 0 Å². The second-order valence-corrected chi connectivity index (χ2v) is 9.22. The number of carbonyl (C=O) groups excluding carboxylic acids is 4. The number of amides is 4. The average Bonchev–Trinajstić information content (AvgIpc) is 3.23. The summed E-state index contributed by atoms with van der Waals surface area (Å²) in [6.07, 6.45) is 4.87. The number of nitrogens with one attached hydrogen (secondary N) is 3. The lowest BCUT2D eigenvalue weighted by Crippen LogP contribution is -2.59. The first kappa shape index (κ1) is 24.1. The van der Waals surface area contributed by atoms with Gasteiger partial charge in [-0.1, -0.05) is 36.4 Å². The van der Waals surface area contributed by atoms with E-state index >= 15 is 0 Å². The fraction of sp³-hybridized carbons (Fsp3) is 0.214. The van der Waals surface area contributed by atoms with Crippen molar-refractivity contribution in [3.8, 4) is 5.69 Å². The molecule has 0 spiro atoms. The van der Waals surface area contributed by atoms with Gasteiger partial charge in [0, 0.05) is 22.6 Å². The Kier molecular flexibility index (Phi) is 6.35. The largest absolute Gasteiger partial charge is 0.318 e. The van der Waals surface area contributed by atoms with E-state index in [0.29, 0.717) is 24.1 Å². The number of hydrogen-bond acceptors (Lipinski definition) is 4. The van der Waals surface area contributed by atoms with E-state index in [1.807, 2.05) is 60.9 Å². The van der Waals surface area contributed by atoms with Crippen LogP contribution in [0.15, 0.2) is 72.8 Å². The number of hydrogen-bond donors (Lipinski definition) is 3. The normalized spacial score (nSPS) is 18.7. The van der Waals surface area contributed by atoms with Crippen LogP contribution in [0.1, 0.15) is 44.9 Å². The van der Waals surface area contributed by atoms with Crippen molar-refractivity contribution in [1.29, 1.82) is 0 Å². The summed E-state index contributed by atoms with van der Waals surface area (Å²) in [5.41, 5.74) is 11.2. The molecule has 0 radical (unpaired) electrons. The van der Waals surface area contributed by atoms with Crippen LogP contribution >= 0.6 is 0 Å². The van der Waals surface area contributed by atoms with Crippen LogP contribution in [-0.4, -0.2) is 28.2 Å². The van der Waals surface area contributed by atoms with E-state index in [1.165, 1.54) is 11.1 Å². The highest BCUT2D eigenvalue weighted by atomic mass is 16.2. The van der Waals surface area contributed by atoms with Crippen LogP contribution in [0.25, 0.3) is 5.69 Å². The molecule has 188 valence electrons. The van der Waals surface area contributed by atoms with Gasteiger partial charge in [-0.05, 0) is 63.1 Å². The summed E-state index contributed by atoms with van der Waals surface area (Å²) in [6.45, 7) is 3.75. The van der Waals surface area contributed by atoms with Crippen LogP contribution in [0.5, 0.6) is 0 Å². The predicted molar refractivity (Wildman–Crippen MR) is 138 cm³/mol. The second-order valence-electron chi connectivity index (χ2n) is 9.22. The van der Waals surface area contributed by atoms with Gasteiger partial charge in [0.05, 0.1) is 23.1 Å².